The van der Waals surface area contributed by atoms with E-state index in [-0.39, 0.29) is 0 Å². The van der Waals surface area contributed by atoms with Gasteiger partial charge in [-0.1, -0.05) is 38.3 Å². The van der Waals surface area contributed by atoms with Crippen molar-refractivity contribution in [2.75, 3.05) is 11.9 Å². The number of amides is 2. The zero-order valence-electron chi connectivity index (χ0n) is 14.1. The van der Waals surface area contributed by atoms with Crippen LogP contribution < -0.4 is 10.6 Å². The van der Waals surface area contributed by atoms with Crippen LogP contribution in [0, 0.1) is 6.92 Å². The number of nitrogens with zero attached hydrogens (tertiary/aromatic N) is 2. The minimum Gasteiger partial charge on any atom is -0.348 e. The third kappa shape index (κ3) is 5.19. The first kappa shape index (κ1) is 17.7. The van der Waals surface area contributed by atoms with Crippen LogP contribution in [0.25, 0.3) is 11.4 Å². The first-order valence-corrected chi connectivity index (χ1v) is 8.18. The molecule has 7 nitrogen and oxygen atoms in total. The number of aryl methyl sites for hydroxylation is 1. The number of anilines is 1. The molecular formula is C17H23N5O2. The van der Waals surface area contributed by atoms with Crippen LogP contribution in [0.1, 0.15) is 38.4 Å². The Morgan fingerprint density at radius 1 is 1.17 bits per heavy atom. The zero-order valence-corrected chi connectivity index (χ0v) is 14.1. The predicted octanol–water partition coefficient (Wildman–Crippen LogP) is 2.42. The van der Waals surface area contributed by atoms with Crippen molar-refractivity contribution in [1.29, 1.82) is 0 Å². The van der Waals surface area contributed by atoms with Crippen molar-refractivity contribution < 1.29 is 9.59 Å². The van der Waals surface area contributed by atoms with Gasteiger partial charge in [0.05, 0.1) is 0 Å². The summed E-state index contributed by atoms with van der Waals surface area (Å²) in [6, 6.07) is 7.07. The van der Waals surface area contributed by atoms with E-state index in [4.69, 9.17) is 0 Å². The number of nitrogens with one attached hydrogen (secondary N) is 3. The average molecular weight is 329 g/mol. The molecule has 0 saturated heterocycles. The summed E-state index contributed by atoms with van der Waals surface area (Å²) in [5, 5.41) is 12.1. The Hall–Kier alpha value is -2.70. The summed E-state index contributed by atoms with van der Waals surface area (Å²) >= 11 is 0. The van der Waals surface area contributed by atoms with Crippen LogP contribution in [-0.2, 0) is 9.59 Å². The molecule has 0 radical (unpaired) electrons. The molecule has 128 valence electrons. The molecule has 2 rings (SSSR count). The van der Waals surface area contributed by atoms with Crippen LogP contribution in [0.2, 0.25) is 0 Å². The number of H-pyrrole nitrogens is 1. The second kappa shape index (κ2) is 8.81. The van der Waals surface area contributed by atoms with Gasteiger partial charge in [-0.25, -0.2) is 4.98 Å². The highest BCUT2D eigenvalue weighted by Gasteiger charge is 2.13. The van der Waals surface area contributed by atoms with E-state index in [1.807, 2.05) is 13.0 Å². The van der Waals surface area contributed by atoms with Gasteiger partial charge in [0, 0.05) is 17.8 Å². The second-order valence-corrected chi connectivity index (χ2v) is 5.60. The zero-order chi connectivity index (χ0) is 17.4. The molecule has 0 aliphatic heterocycles. The number of carbonyl (C=O) groups is 2. The molecule has 1 heterocycles. The van der Waals surface area contributed by atoms with Crippen LogP contribution in [0.3, 0.4) is 0 Å². The van der Waals surface area contributed by atoms with E-state index in [9.17, 15) is 9.59 Å². The molecule has 0 bridgehead atoms. The van der Waals surface area contributed by atoms with E-state index in [2.05, 4.69) is 32.7 Å². The first-order chi connectivity index (χ1) is 11.6. The van der Waals surface area contributed by atoms with Crippen LogP contribution in [0.5, 0.6) is 0 Å². The molecule has 0 aliphatic rings. The topological polar surface area (TPSA) is 99.8 Å². The van der Waals surface area contributed by atoms with Crippen molar-refractivity contribution in [3.05, 3.63) is 30.1 Å². The van der Waals surface area contributed by atoms with Gasteiger partial charge >= 0.3 is 11.8 Å². The Labute approximate surface area is 141 Å². The standard InChI is InChI=1S/C17H23N5O2/c1-3-4-5-6-10-18-16(23)17(24)20-14-9-7-8-13(11-14)15-19-12(2)21-22-15/h7-9,11H,3-6,10H2,1-2H3,(H,18,23)(H,20,24)(H,19,21,22). The van der Waals surface area contributed by atoms with Crippen molar-refractivity contribution in [2.45, 2.75) is 39.5 Å². The molecule has 0 unspecified atom stereocenters. The number of hydrogen-bond acceptors (Lipinski definition) is 4. The lowest BCUT2D eigenvalue weighted by Crippen LogP contribution is -2.35. The third-order valence-corrected chi connectivity index (χ3v) is 3.50. The summed E-state index contributed by atoms with van der Waals surface area (Å²) in [6.07, 6.45) is 4.20. The van der Waals surface area contributed by atoms with Crippen molar-refractivity contribution >= 4 is 17.5 Å². The number of aromatic nitrogens is 3. The highest BCUT2D eigenvalue weighted by atomic mass is 16.2. The largest absolute Gasteiger partial charge is 0.348 e. The molecule has 2 aromatic rings. The molecule has 1 aromatic heterocycles. The fourth-order valence-corrected chi connectivity index (χ4v) is 2.23. The van der Waals surface area contributed by atoms with E-state index in [0.29, 0.717) is 23.9 Å². The van der Waals surface area contributed by atoms with Crippen LogP contribution in [-0.4, -0.2) is 33.5 Å². The van der Waals surface area contributed by atoms with E-state index in [0.717, 1.165) is 31.2 Å². The molecule has 7 heteroatoms. The maximum atomic E-state index is 11.9. The van der Waals surface area contributed by atoms with Gasteiger partial charge in [-0.3, -0.25) is 14.7 Å². The summed E-state index contributed by atoms with van der Waals surface area (Å²) in [5.41, 5.74) is 1.29. The molecule has 3 N–H and O–H groups in total. The number of carbonyl (C=O) groups excluding carboxylic acids is 2. The molecule has 2 amide bonds. The van der Waals surface area contributed by atoms with Gasteiger partial charge in [0.2, 0.25) is 0 Å². The molecule has 24 heavy (non-hydrogen) atoms. The quantitative estimate of drug-likeness (QED) is 0.536. The third-order valence-electron chi connectivity index (χ3n) is 3.50. The Morgan fingerprint density at radius 3 is 2.71 bits per heavy atom. The number of aromatic amines is 1. The number of unbranched alkanes of at least 4 members (excludes halogenated alkanes) is 3. The Morgan fingerprint density at radius 2 is 2.00 bits per heavy atom. The predicted molar refractivity (Wildman–Crippen MR) is 92.3 cm³/mol. The fourth-order valence-electron chi connectivity index (χ4n) is 2.23. The molecule has 1 aromatic carbocycles. The summed E-state index contributed by atoms with van der Waals surface area (Å²) in [6.45, 7) is 4.45. The summed E-state index contributed by atoms with van der Waals surface area (Å²) in [5.74, 6) is -0.0367. The van der Waals surface area contributed by atoms with Gasteiger partial charge in [0.15, 0.2) is 5.82 Å². The minimum atomic E-state index is -0.672. The van der Waals surface area contributed by atoms with Crippen LogP contribution >= 0.6 is 0 Å². The van der Waals surface area contributed by atoms with E-state index < -0.39 is 11.8 Å². The lowest BCUT2D eigenvalue weighted by atomic mass is 10.2. The lowest BCUT2D eigenvalue weighted by Gasteiger charge is -2.07. The van der Waals surface area contributed by atoms with E-state index in [1.54, 1.807) is 18.2 Å². The van der Waals surface area contributed by atoms with Crippen molar-refractivity contribution in [2.24, 2.45) is 0 Å². The fraction of sp³-hybridized carbons (Fsp3) is 0.412. The van der Waals surface area contributed by atoms with Gasteiger partial charge in [0.25, 0.3) is 0 Å². The van der Waals surface area contributed by atoms with Crippen LogP contribution in [0.15, 0.2) is 24.3 Å². The smallest absolute Gasteiger partial charge is 0.313 e. The molecule has 0 spiro atoms. The second-order valence-electron chi connectivity index (χ2n) is 5.60. The highest BCUT2D eigenvalue weighted by Crippen LogP contribution is 2.19. The highest BCUT2D eigenvalue weighted by molar-refractivity contribution is 6.39. The number of rotatable bonds is 7. The van der Waals surface area contributed by atoms with Gasteiger partial charge in [-0.2, -0.15) is 5.10 Å². The van der Waals surface area contributed by atoms with E-state index >= 15 is 0 Å². The Balaban J connectivity index is 1.88. The monoisotopic (exact) mass is 329 g/mol. The molecule has 0 fully saturated rings. The first-order valence-electron chi connectivity index (χ1n) is 8.18. The molecule has 0 aliphatic carbocycles. The van der Waals surface area contributed by atoms with Crippen LogP contribution in [0.4, 0.5) is 5.69 Å². The van der Waals surface area contributed by atoms with Gasteiger partial charge in [-0.15, -0.1) is 0 Å². The van der Waals surface area contributed by atoms with Crippen molar-refractivity contribution in [3.8, 4) is 11.4 Å². The van der Waals surface area contributed by atoms with Crippen molar-refractivity contribution in [3.63, 3.8) is 0 Å². The molecule has 0 atom stereocenters. The maximum absolute atomic E-state index is 11.9. The summed E-state index contributed by atoms with van der Waals surface area (Å²) in [7, 11) is 0. The lowest BCUT2D eigenvalue weighted by molar-refractivity contribution is -0.136. The Bertz CT molecular complexity index is 696. The van der Waals surface area contributed by atoms with Gasteiger partial charge < -0.3 is 10.6 Å². The van der Waals surface area contributed by atoms with Crippen molar-refractivity contribution in [1.82, 2.24) is 20.5 Å². The number of hydrogen-bond donors (Lipinski definition) is 3. The van der Waals surface area contributed by atoms with E-state index in [1.165, 1.54) is 0 Å². The normalized spacial score (nSPS) is 10.4. The van der Waals surface area contributed by atoms with Gasteiger partial charge in [-0.05, 0) is 25.5 Å². The minimum absolute atomic E-state index is 0.517. The molecule has 0 saturated carbocycles. The number of benzene rings is 1. The Kier molecular flexibility index (Phi) is 6.48. The maximum Gasteiger partial charge on any atom is 0.313 e. The van der Waals surface area contributed by atoms with Gasteiger partial charge in [0.1, 0.15) is 5.82 Å². The SMILES string of the molecule is CCCCCCNC(=O)C(=O)Nc1cccc(-c2n[nH]c(C)n2)c1. The average Bonchev–Trinajstić information content (AvgIpc) is 3.01. The summed E-state index contributed by atoms with van der Waals surface area (Å²) in [4.78, 5) is 28.0. The summed E-state index contributed by atoms with van der Waals surface area (Å²) < 4.78 is 0. The molecular weight excluding hydrogens is 306 g/mol.